The molecule has 4 aromatic heterocycles. The van der Waals surface area contributed by atoms with Crippen LogP contribution < -0.4 is 4.74 Å². The third-order valence-electron chi connectivity index (χ3n) is 4.98. The zero-order chi connectivity index (χ0) is 21.9. The highest BCUT2D eigenvalue weighted by Gasteiger charge is 2.17. The zero-order valence-electron chi connectivity index (χ0n) is 17.8. The van der Waals surface area contributed by atoms with Crippen molar-refractivity contribution in [2.75, 3.05) is 6.61 Å². The number of rotatable bonds is 7. The summed E-state index contributed by atoms with van der Waals surface area (Å²) in [5.74, 6) is 2.29. The summed E-state index contributed by atoms with van der Waals surface area (Å²) in [5.41, 5.74) is 5.06. The van der Waals surface area contributed by atoms with Crippen LogP contribution in [0.15, 0.2) is 78.5 Å². The molecule has 32 heavy (non-hydrogen) atoms. The van der Waals surface area contributed by atoms with Crippen LogP contribution in [-0.2, 0) is 5.75 Å². The van der Waals surface area contributed by atoms with E-state index in [9.17, 15) is 0 Å². The van der Waals surface area contributed by atoms with Crippen molar-refractivity contribution < 1.29 is 4.74 Å². The number of thioether (sulfide) groups is 1. The van der Waals surface area contributed by atoms with Gasteiger partial charge in [0.15, 0.2) is 11.0 Å². The summed E-state index contributed by atoms with van der Waals surface area (Å²) in [7, 11) is 0. The predicted molar refractivity (Wildman–Crippen MR) is 125 cm³/mol. The summed E-state index contributed by atoms with van der Waals surface area (Å²) in [4.78, 5) is 8.85. The monoisotopic (exact) mass is 442 g/mol. The summed E-state index contributed by atoms with van der Waals surface area (Å²) < 4.78 is 9.73. The lowest BCUT2D eigenvalue weighted by Gasteiger charge is -2.11. The van der Waals surface area contributed by atoms with Gasteiger partial charge in [-0.2, -0.15) is 0 Å². The quantitative estimate of drug-likeness (QED) is 0.331. The van der Waals surface area contributed by atoms with Crippen molar-refractivity contribution in [3.05, 3.63) is 84.6 Å². The molecule has 0 N–H and O–H groups in total. The average Bonchev–Trinajstić information content (AvgIpc) is 3.42. The fourth-order valence-electron chi connectivity index (χ4n) is 3.51. The van der Waals surface area contributed by atoms with Gasteiger partial charge >= 0.3 is 0 Å². The van der Waals surface area contributed by atoms with Crippen LogP contribution in [0.3, 0.4) is 0 Å². The van der Waals surface area contributed by atoms with E-state index in [1.54, 1.807) is 24.2 Å². The van der Waals surface area contributed by atoms with Crippen LogP contribution in [0.2, 0.25) is 0 Å². The van der Waals surface area contributed by atoms with Gasteiger partial charge in [0.25, 0.3) is 0 Å². The first-order valence-electron chi connectivity index (χ1n) is 10.4. The van der Waals surface area contributed by atoms with Crippen molar-refractivity contribution in [3.63, 3.8) is 0 Å². The molecule has 0 fully saturated rings. The molecule has 0 bridgehead atoms. The molecule has 0 spiro atoms. The standard InChI is InChI=1S/C24H22N6OS/c1-3-31-21-7-5-20(6-8-21)30-23(18-10-12-25-13-11-18)27-28-24(30)32-16-19-15-29-14-17(2)4-9-22(29)26-19/h4-15H,3,16H2,1-2H3. The summed E-state index contributed by atoms with van der Waals surface area (Å²) in [6, 6.07) is 16.0. The highest BCUT2D eigenvalue weighted by atomic mass is 32.2. The minimum absolute atomic E-state index is 0.633. The Labute approximate surface area is 190 Å². The fourth-order valence-corrected chi connectivity index (χ4v) is 4.34. The van der Waals surface area contributed by atoms with Crippen molar-refractivity contribution in [3.8, 4) is 22.8 Å². The van der Waals surface area contributed by atoms with Gasteiger partial charge in [-0.1, -0.05) is 17.8 Å². The normalized spacial score (nSPS) is 11.2. The van der Waals surface area contributed by atoms with E-state index in [0.29, 0.717) is 12.4 Å². The van der Waals surface area contributed by atoms with Crippen LogP contribution >= 0.6 is 11.8 Å². The van der Waals surface area contributed by atoms with Gasteiger partial charge in [-0.25, -0.2) is 4.98 Å². The molecule has 0 saturated carbocycles. The minimum Gasteiger partial charge on any atom is -0.494 e. The first kappa shape index (κ1) is 20.3. The number of fused-ring (bicyclic) bond motifs is 1. The molecular weight excluding hydrogens is 420 g/mol. The van der Waals surface area contributed by atoms with E-state index in [1.807, 2.05) is 49.4 Å². The molecular formula is C24H22N6OS. The van der Waals surface area contributed by atoms with E-state index in [1.165, 1.54) is 5.56 Å². The number of benzene rings is 1. The Morgan fingerprint density at radius 2 is 1.75 bits per heavy atom. The maximum absolute atomic E-state index is 5.60. The smallest absolute Gasteiger partial charge is 0.196 e. The number of imidazole rings is 1. The number of hydrogen-bond donors (Lipinski definition) is 0. The average molecular weight is 443 g/mol. The minimum atomic E-state index is 0.633. The maximum Gasteiger partial charge on any atom is 0.196 e. The van der Waals surface area contributed by atoms with Crippen LogP contribution in [0.1, 0.15) is 18.2 Å². The van der Waals surface area contributed by atoms with E-state index in [2.05, 4.69) is 49.5 Å². The lowest BCUT2D eigenvalue weighted by atomic mass is 10.2. The van der Waals surface area contributed by atoms with E-state index >= 15 is 0 Å². The van der Waals surface area contributed by atoms with Crippen molar-refractivity contribution in [2.45, 2.75) is 24.8 Å². The number of ether oxygens (including phenoxy) is 1. The van der Waals surface area contributed by atoms with Crippen molar-refractivity contribution >= 4 is 17.4 Å². The molecule has 0 amide bonds. The Kier molecular flexibility index (Phi) is 5.60. The Hall–Kier alpha value is -3.65. The largest absolute Gasteiger partial charge is 0.494 e. The van der Waals surface area contributed by atoms with Gasteiger partial charge in [0.05, 0.1) is 12.3 Å². The zero-order valence-corrected chi connectivity index (χ0v) is 18.7. The topological polar surface area (TPSA) is 70.1 Å². The second-order valence-electron chi connectivity index (χ2n) is 7.30. The SMILES string of the molecule is CCOc1ccc(-n2c(SCc3cn4cc(C)ccc4n3)nnc2-c2ccncc2)cc1. The molecule has 0 atom stereocenters. The summed E-state index contributed by atoms with van der Waals surface area (Å²) in [6.45, 7) is 4.69. The highest BCUT2D eigenvalue weighted by molar-refractivity contribution is 7.98. The van der Waals surface area contributed by atoms with Gasteiger partial charge in [-0.05, 0) is 61.9 Å². The third-order valence-corrected chi connectivity index (χ3v) is 5.94. The molecule has 0 aliphatic carbocycles. The second kappa shape index (κ2) is 8.84. The van der Waals surface area contributed by atoms with Crippen LogP contribution in [0.25, 0.3) is 22.7 Å². The van der Waals surface area contributed by atoms with Crippen LogP contribution in [0.5, 0.6) is 5.75 Å². The number of aryl methyl sites for hydroxylation is 1. The first-order chi connectivity index (χ1) is 15.7. The Morgan fingerprint density at radius 3 is 2.53 bits per heavy atom. The molecule has 0 unspecified atom stereocenters. The van der Waals surface area contributed by atoms with Gasteiger partial charge in [-0.3, -0.25) is 9.55 Å². The molecule has 5 aromatic rings. The molecule has 5 rings (SSSR count). The van der Waals surface area contributed by atoms with E-state index in [4.69, 9.17) is 9.72 Å². The maximum atomic E-state index is 5.60. The summed E-state index contributed by atoms with van der Waals surface area (Å²) in [6.07, 6.45) is 7.67. The highest BCUT2D eigenvalue weighted by Crippen LogP contribution is 2.30. The Morgan fingerprint density at radius 1 is 0.938 bits per heavy atom. The summed E-state index contributed by atoms with van der Waals surface area (Å²) in [5, 5.41) is 9.80. The van der Waals surface area contributed by atoms with Gasteiger partial charge in [0.2, 0.25) is 0 Å². The molecule has 7 nitrogen and oxygen atoms in total. The van der Waals surface area contributed by atoms with E-state index < -0.39 is 0 Å². The lowest BCUT2D eigenvalue weighted by molar-refractivity contribution is 0.340. The van der Waals surface area contributed by atoms with Gasteiger partial charge in [-0.15, -0.1) is 10.2 Å². The van der Waals surface area contributed by atoms with Crippen LogP contribution in [0.4, 0.5) is 0 Å². The predicted octanol–water partition coefficient (Wildman–Crippen LogP) is 4.98. The molecule has 160 valence electrons. The third kappa shape index (κ3) is 4.09. The van der Waals surface area contributed by atoms with Gasteiger partial charge in [0, 0.05) is 41.8 Å². The second-order valence-corrected chi connectivity index (χ2v) is 8.24. The van der Waals surface area contributed by atoms with Crippen molar-refractivity contribution in [1.82, 2.24) is 29.1 Å². The number of pyridine rings is 2. The molecule has 4 heterocycles. The Bertz CT molecular complexity index is 1340. The lowest BCUT2D eigenvalue weighted by Crippen LogP contribution is -2.00. The van der Waals surface area contributed by atoms with E-state index in [0.717, 1.165) is 39.3 Å². The van der Waals surface area contributed by atoms with Crippen molar-refractivity contribution in [1.29, 1.82) is 0 Å². The van der Waals surface area contributed by atoms with Gasteiger partial charge < -0.3 is 9.14 Å². The number of hydrogen-bond acceptors (Lipinski definition) is 6. The van der Waals surface area contributed by atoms with Gasteiger partial charge in [0.1, 0.15) is 11.4 Å². The molecule has 0 aliphatic rings. The molecule has 0 saturated heterocycles. The summed E-state index contributed by atoms with van der Waals surface area (Å²) >= 11 is 1.61. The molecule has 0 radical (unpaired) electrons. The Balaban J connectivity index is 1.49. The molecule has 8 heteroatoms. The number of nitrogens with zero attached hydrogens (tertiary/aromatic N) is 6. The molecule has 0 aliphatic heterocycles. The van der Waals surface area contributed by atoms with Crippen molar-refractivity contribution in [2.24, 2.45) is 0 Å². The fraction of sp³-hybridized carbons (Fsp3) is 0.167. The van der Waals surface area contributed by atoms with Crippen LogP contribution in [0, 0.1) is 6.92 Å². The molecule has 1 aromatic carbocycles. The number of aromatic nitrogens is 6. The first-order valence-corrected chi connectivity index (χ1v) is 11.4. The van der Waals surface area contributed by atoms with Crippen LogP contribution in [-0.4, -0.2) is 35.7 Å². The van der Waals surface area contributed by atoms with E-state index in [-0.39, 0.29) is 0 Å².